The van der Waals surface area contributed by atoms with Crippen molar-refractivity contribution < 1.29 is 18.7 Å². The molecule has 0 spiro atoms. The van der Waals surface area contributed by atoms with Gasteiger partial charge in [-0.2, -0.15) is 5.10 Å². The minimum Gasteiger partial charge on any atom is -0.390 e. The largest absolute Gasteiger partial charge is 0.390 e. The van der Waals surface area contributed by atoms with Crippen LogP contribution in [0.5, 0.6) is 0 Å². The molecule has 1 aromatic heterocycles. The van der Waals surface area contributed by atoms with E-state index in [9.17, 15) is 18.7 Å². The lowest BCUT2D eigenvalue weighted by molar-refractivity contribution is 0.0825. The van der Waals surface area contributed by atoms with Crippen molar-refractivity contribution in [2.45, 2.75) is 45.4 Å². The van der Waals surface area contributed by atoms with E-state index < -0.39 is 29.7 Å². The fourth-order valence-corrected chi connectivity index (χ4v) is 3.52. The average molecular weight is 443 g/mol. The number of hydrogen-bond acceptors (Lipinski definition) is 4. The molecule has 0 bridgehead atoms. The van der Waals surface area contributed by atoms with E-state index in [4.69, 9.17) is 0 Å². The van der Waals surface area contributed by atoms with Crippen LogP contribution >= 0.6 is 0 Å². The van der Waals surface area contributed by atoms with Gasteiger partial charge in [-0.3, -0.25) is 9.89 Å². The first-order valence-corrected chi connectivity index (χ1v) is 10.6. The van der Waals surface area contributed by atoms with Crippen LogP contribution < -0.4 is 10.6 Å². The Morgan fingerprint density at radius 1 is 1.09 bits per heavy atom. The number of aliphatic hydroxyl groups excluding tert-OH is 1. The summed E-state index contributed by atoms with van der Waals surface area (Å²) in [5.41, 5.74) is 3.53. The molecule has 0 fully saturated rings. The molecule has 2 aromatic carbocycles. The number of amides is 1. The van der Waals surface area contributed by atoms with Crippen molar-refractivity contribution in [3.63, 3.8) is 0 Å². The molecule has 3 aromatic rings. The van der Waals surface area contributed by atoms with Crippen LogP contribution in [-0.2, 0) is 19.4 Å². The molecule has 0 aliphatic rings. The number of benzene rings is 2. The Bertz CT molecular complexity index is 1030. The average Bonchev–Trinajstić information content (AvgIpc) is 3.19. The maximum absolute atomic E-state index is 13.6. The number of hydrogen-bond donors (Lipinski definition) is 4. The molecule has 0 aliphatic carbocycles. The van der Waals surface area contributed by atoms with Gasteiger partial charge in [-0.15, -0.1) is 0 Å². The summed E-state index contributed by atoms with van der Waals surface area (Å²) in [6, 6.07) is 12.1. The lowest BCUT2D eigenvalue weighted by Crippen LogP contribution is -2.48. The summed E-state index contributed by atoms with van der Waals surface area (Å²) >= 11 is 0. The standard InChI is InChI=1S/C24H28F2N4O2/c1-3-16-5-4-6-17(8-16)13-27-14-23(31)21(11-18-9-19(25)12-20(26)10-18)28-24(32)22-7-15(2)29-30-22/h4-10,12,21,23,27,31H,3,11,13-14H2,1-2H3,(H,28,32)(H,29,30)/t21-,23+/m1/s1. The summed E-state index contributed by atoms with van der Waals surface area (Å²) in [6.45, 7) is 4.55. The first kappa shape index (κ1) is 23.6. The fraction of sp³-hybridized carbons (Fsp3) is 0.333. The monoisotopic (exact) mass is 442 g/mol. The van der Waals surface area contributed by atoms with E-state index in [-0.39, 0.29) is 18.7 Å². The van der Waals surface area contributed by atoms with Crippen LogP contribution in [0.25, 0.3) is 0 Å². The Hall–Kier alpha value is -3.10. The molecule has 0 saturated carbocycles. The minimum absolute atomic E-state index is 0.0572. The van der Waals surface area contributed by atoms with Crippen molar-refractivity contribution in [2.24, 2.45) is 0 Å². The second kappa shape index (κ2) is 11.0. The number of rotatable bonds is 10. The third-order valence-corrected chi connectivity index (χ3v) is 5.19. The van der Waals surface area contributed by atoms with Crippen LogP contribution in [0.2, 0.25) is 0 Å². The van der Waals surface area contributed by atoms with Gasteiger partial charge in [0.1, 0.15) is 17.3 Å². The van der Waals surface area contributed by atoms with Gasteiger partial charge in [0.05, 0.1) is 17.8 Å². The number of nitrogens with zero attached hydrogens (tertiary/aromatic N) is 1. The topological polar surface area (TPSA) is 90.0 Å². The van der Waals surface area contributed by atoms with Gasteiger partial charge in [-0.1, -0.05) is 31.2 Å². The molecule has 1 heterocycles. The number of aliphatic hydroxyl groups is 1. The Balaban J connectivity index is 1.68. The molecule has 0 radical (unpaired) electrons. The lowest BCUT2D eigenvalue weighted by Gasteiger charge is -2.25. The zero-order valence-corrected chi connectivity index (χ0v) is 18.2. The molecule has 0 saturated heterocycles. The summed E-state index contributed by atoms with van der Waals surface area (Å²) in [5.74, 6) is -1.88. The smallest absolute Gasteiger partial charge is 0.269 e. The maximum atomic E-state index is 13.6. The first-order valence-electron chi connectivity index (χ1n) is 10.6. The number of aromatic amines is 1. The molecule has 170 valence electrons. The highest BCUT2D eigenvalue weighted by molar-refractivity contribution is 5.92. The third kappa shape index (κ3) is 6.70. The molecular weight excluding hydrogens is 414 g/mol. The molecule has 32 heavy (non-hydrogen) atoms. The van der Waals surface area contributed by atoms with Crippen molar-refractivity contribution >= 4 is 5.91 Å². The van der Waals surface area contributed by atoms with Gasteiger partial charge >= 0.3 is 0 Å². The highest BCUT2D eigenvalue weighted by Gasteiger charge is 2.23. The van der Waals surface area contributed by atoms with Crippen LogP contribution in [-0.4, -0.2) is 39.9 Å². The van der Waals surface area contributed by atoms with Crippen molar-refractivity contribution in [2.75, 3.05) is 6.54 Å². The predicted octanol–water partition coefficient (Wildman–Crippen LogP) is 3.05. The highest BCUT2D eigenvalue weighted by atomic mass is 19.1. The summed E-state index contributed by atoms with van der Waals surface area (Å²) in [6.07, 6.45) is -0.00699. The SMILES string of the molecule is CCc1cccc(CNC[C@H](O)[C@@H](Cc2cc(F)cc(F)c2)NC(=O)c2cc(C)n[nH]2)c1. The van der Waals surface area contributed by atoms with Crippen LogP contribution in [0, 0.1) is 18.6 Å². The van der Waals surface area contributed by atoms with Gasteiger partial charge in [0, 0.05) is 19.2 Å². The summed E-state index contributed by atoms with van der Waals surface area (Å²) in [4.78, 5) is 12.6. The molecule has 1 amide bonds. The second-order valence-electron chi connectivity index (χ2n) is 7.86. The van der Waals surface area contributed by atoms with Crippen LogP contribution in [0.3, 0.4) is 0 Å². The number of nitrogens with one attached hydrogen (secondary N) is 3. The minimum atomic E-state index is -0.997. The lowest BCUT2D eigenvalue weighted by atomic mass is 10.00. The Labute approximate surface area is 186 Å². The predicted molar refractivity (Wildman–Crippen MR) is 118 cm³/mol. The number of H-pyrrole nitrogens is 1. The normalized spacial score (nSPS) is 13.0. The fourth-order valence-electron chi connectivity index (χ4n) is 3.52. The molecule has 4 N–H and O–H groups in total. The van der Waals surface area contributed by atoms with E-state index in [1.165, 1.54) is 17.7 Å². The van der Waals surface area contributed by atoms with Gasteiger partial charge in [0.15, 0.2) is 0 Å². The third-order valence-electron chi connectivity index (χ3n) is 5.19. The quantitative estimate of drug-likeness (QED) is 0.389. The number of aromatic nitrogens is 2. The highest BCUT2D eigenvalue weighted by Crippen LogP contribution is 2.13. The number of carbonyl (C=O) groups is 1. The number of halogens is 2. The maximum Gasteiger partial charge on any atom is 0.269 e. The number of aryl methyl sites for hydroxylation is 2. The molecule has 0 aliphatic heterocycles. The molecule has 2 atom stereocenters. The Kier molecular flexibility index (Phi) is 8.08. The van der Waals surface area contributed by atoms with Crippen molar-refractivity contribution in [1.82, 2.24) is 20.8 Å². The van der Waals surface area contributed by atoms with E-state index in [1.54, 1.807) is 13.0 Å². The summed E-state index contributed by atoms with van der Waals surface area (Å²) in [7, 11) is 0. The van der Waals surface area contributed by atoms with E-state index in [1.807, 2.05) is 12.1 Å². The molecule has 0 unspecified atom stereocenters. The van der Waals surface area contributed by atoms with Gasteiger partial charge in [-0.05, 0) is 54.7 Å². The molecule has 6 nitrogen and oxygen atoms in total. The molecule has 8 heteroatoms. The molecule has 3 rings (SSSR count). The zero-order valence-electron chi connectivity index (χ0n) is 18.2. The van der Waals surface area contributed by atoms with E-state index >= 15 is 0 Å². The number of carbonyl (C=O) groups excluding carboxylic acids is 1. The Morgan fingerprint density at radius 2 is 1.81 bits per heavy atom. The van der Waals surface area contributed by atoms with Crippen molar-refractivity contribution in [3.8, 4) is 0 Å². The van der Waals surface area contributed by atoms with E-state index in [0.29, 0.717) is 17.8 Å². The zero-order chi connectivity index (χ0) is 23.1. The summed E-state index contributed by atoms with van der Waals surface area (Å²) in [5, 5.41) is 23.3. The van der Waals surface area contributed by atoms with Gasteiger partial charge in [0.25, 0.3) is 5.91 Å². The van der Waals surface area contributed by atoms with Gasteiger partial charge in [0.2, 0.25) is 0 Å². The van der Waals surface area contributed by atoms with Crippen LogP contribution in [0.1, 0.15) is 39.8 Å². The van der Waals surface area contributed by atoms with Crippen molar-refractivity contribution in [3.05, 3.63) is 88.2 Å². The van der Waals surface area contributed by atoms with E-state index in [0.717, 1.165) is 18.1 Å². The van der Waals surface area contributed by atoms with Crippen molar-refractivity contribution in [1.29, 1.82) is 0 Å². The Morgan fingerprint density at radius 3 is 2.47 bits per heavy atom. The van der Waals surface area contributed by atoms with Gasteiger partial charge in [-0.25, -0.2) is 8.78 Å². The summed E-state index contributed by atoms with van der Waals surface area (Å²) < 4.78 is 27.3. The molecular formula is C24H28F2N4O2. The van der Waals surface area contributed by atoms with Crippen LogP contribution in [0.15, 0.2) is 48.5 Å². The van der Waals surface area contributed by atoms with E-state index in [2.05, 4.69) is 39.9 Å². The first-order chi connectivity index (χ1) is 15.3. The van der Waals surface area contributed by atoms with Crippen LogP contribution in [0.4, 0.5) is 8.78 Å². The second-order valence-corrected chi connectivity index (χ2v) is 7.86. The van der Waals surface area contributed by atoms with Gasteiger partial charge < -0.3 is 15.7 Å².